The molecule has 0 aliphatic rings. The van der Waals surface area contributed by atoms with E-state index in [1.807, 2.05) is 13.8 Å². The first-order chi connectivity index (χ1) is 6.52. The molecule has 82 valence electrons. The molecule has 0 aromatic carbocycles. The van der Waals surface area contributed by atoms with E-state index in [1.54, 1.807) is 6.92 Å². The van der Waals surface area contributed by atoms with Gasteiger partial charge in [-0.15, -0.1) is 0 Å². The van der Waals surface area contributed by atoms with Gasteiger partial charge in [0.05, 0.1) is 0 Å². The Labute approximate surface area is 86.3 Å². The number of rotatable bonds is 7. The van der Waals surface area contributed by atoms with Crippen molar-refractivity contribution in [2.24, 2.45) is 5.92 Å². The highest BCUT2D eigenvalue weighted by Crippen LogP contribution is 1.99. The van der Waals surface area contributed by atoms with E-state index in [9.17, 15) is 9.59 Å². The SMILES string of the molecule is CC(=O)CCCCNC(=O)CC(C)C. The van der Waals surface area contributed by atoms with Crippen LogP contribution in [0.3, 0.4) is 0 Å². The zero-order valence-electron chi connectivity index (χ0n) is 9.43. The van der Waals surface area contributed by atoms with Crippen LogP contribution in [0.1, 0.15) is 46.5 Å². The van der Waals surface area contributed by atoms with Gasteiger partial charge in [0, 0.05) is 19.4 Å². The van der Waals surface area contributed by atoms with Crippen LogP contribution in [0.4, 0.5) is 0 Å². The minimum Gasteiger partial charge on any atom is -0.356 e. The Morgan fingerprint density at radius 2 is 1.86 bits per heavy atom. The maximum absolute atomic E-state index is 11.2. The minimum atomic E-state index is 0.114. The van der Waals surface area contributed by atoms with Crippen molar-refractivity contribution in [2.75, 3.05) is 6.54 Å². The number of nitrogens with one attached hydrogen (secondary N) is 1. The quantitative estimate of drug-likeness (QED) is 0.637. The predicted octanol–water partition coefficient (Wildman–Crippen LogP) is 1.91. The minimum absolute atomic E-state index is 0.114. The topological polar surface area (TPSA) is 46.2 Å². The summed E-state index contributed by atoms with van der Waals surface area (Å²) in [7, 11) is 0. The van der Waals surface area contributed by atoms with Crippen molar-refractivity contribution in [1.29, 1.82) is 0 Å². The van der Waals surface area contributed by atoms with Crippen LogP contribution < -0.4 is 5.32 Å². The molecule has 3 nitrogen and oxygen atoms in total. The van der Waals surface area contributed by atoms with Gasteiger partial charge in [0.25, 0.3) is 0 Å². The van der Waals surface area contributed by atoms with Crippen LogP contribution in [0.2, 0.25) is 0 Å². The molecule has 0 aliphatic heterocycles. The lowest BCUT2D eigenvalue weighted by atomic mass is 10.1. The summed E-state index contributed by atoms with van der Waals surface area (Å²) in [5.74, 6) is 0.744. The molecule has 0 aromatic heterocycles. The zero-order chi connectivity index (χ0) is 11.0. The maximum atomic E-state index is 11.2. The van der Waals surface area contributed by atoms with Crippen molar-refractivity contribution in [3.05, 3.63) is 0 Å². The Kier molecular flexibility index (Phi) is 7.07. The Morgan fingerprint density at radius 3 is 2.36 bits per heavy atom. The average molecular weight is 199 g/mol. The number of unbranched alkanes of at least 4 members (excludes halogenated alkanes) is 1. The van der Waals surface area contributed by atoms with E-state index < -0.39 is 0 Å². The number of ketones is 1. The molecule has 14 heavy (non-hydrogen) atoms. The van der Waals surface area contributed by atoms with Crippen LogP contribution in [0, 0.1) is 5.92 Å². The molecule has 0 atom stereocenters. The summed E-state index contributed by atoms with van der Waals surface area (Å²) in [4.78, 5) is 21.8. The summed E-state index contributed by atoms with van der Waals surface area (Å²) >= 11 is 0. The van der Waals surface area contributed by atoms with Crippen molar-refractivity contribution < 1.29 is 9.59 Å². The van der Waals surface area contributed by atoms with Crippen molar-refractivity contribution in [3.8, 4) is 0 Å². The molecule has 0 saturated heterocycles. The third-order valence-corrected chi connectivity index (χ3v) is 1.87. The third kappa shape index (κ3) is 9.23. The van der Waals surface area contributed by atoms with E-state index in [1.165, 1.54) is 0 Å². The molecule has 0 aliphatic carbocycles. The molecule has 0 radical (unpaired) electrons. The zero-order valence-corrected chi connectivity index (χ0v) is 9.43. The summed E-state index contributed by atoms with van der Waals surface area (Å²) < 4.78 is 0. The maximum Gasteiger partial charge on any atom is 0.220 e. The number of carbonyl (C=O) groups is 2. The van der Waals surface area contributed by atoms with Crippen molar-refractivity contribution >= 4 is 11.7 Å². The molecule has 0 bridgehead atoms. The molecule has 0 fully saturated rings. The van der Waals surface area contributed by atoms with Crippen molar-refractivity contribution in [2.45, 2.75) is 46.5 Å². The lowest BCUT2D eigenvalue weighted by molar-refractivity contribution is -0.121. The van der Waals surface area contributed by atoms with Crippen LogP contribution in [0.25, 0.3) is 0 Å². The second-order valence-corrected chi connectivity index (χ2v) is 4.11. The van der Waals surface area contributed by atoms with Gasteiger partial charge in [-0.1, -0.05) is 13.8 Å². The standard InChI is InChI=1S/C11H21NO2/c1-9(2)8-11(14)12-7-5-4-6-10(3)13/h9H,4-8H2,1-3H3,(H,12,14). The van der Waals surface area contributed by atoms with Gasteiger partial charge >= 0.3 is 0 Å². The van der Waals surface area contributed by atoms with E-state index >= 15 is 0 Å². The monoisotopic (exact) mass is 199 g/mol. The van der Waals surface area contributed by atoms with Gasteiger partial charge in [-0.05, 0) is 25.7 Å². The van der Waals surface area contributed by atoms with Crippen LogP contribution in [-0.2, 0) is 9.59 Å². The molecular weight excluding hydrogens is 178 g/mol. The molecule has 3 heteroatoms. The second-order valence-electron chi connectivity index (χ2n) is 4.11. The fourth-order valence-electron chi connectivity index (χ4n) is 1.17. The second kappa shape index (κ2) is 7.54. The molecule has 1 amide bonds. The lowest BCUT2D eigenvalue weighted by Gasteiger charge is -2.06. The van der Waals surface area contributed by atoms with E-state index in [0.717, 1.165) is 12.8 Å². The number of amides is 1. The lowest BCUT2D eigenvalue weighted by Crippen LogP contribution is -2.25. The third-order valence-electron chi connectivity index (χ3n) is 1.87. The van der Waals surface area contributed by atoms with Gasteiger partial charge in [-0.3, -0.25) is 4.79 Å². The molecule has 0 saturated carbocycles. The number of hydrogen-bond acceptors (Lipinski definition) is 2. The first-order valence-electron chi connectivity index (χ1n) is 5.28. The molecule has 1 N–H and O–H groups in total. The summed E-state index contributed by atoms with van der Waals surface area (Å²) in [6, 6.07) is 0. The molecule has 0 unspecified atom stereocenters. The van der Waals surface area contributed by atoms with Gasteiger partial charge in [0.15, 0.2) is 0 Å². The molecule has 0 rings (SSSR count). The summed E-state index contributed by atoms with van der Waals surface area (Å²) in [6.45, 7) is 6.33. The van der Waals surface area contributed by atoms with Crippen LogP contribution in [0.15, 0.2) is 0 Å². The molecule has 0 aromatic rings. The van der Waals surface area contributed by atoms with Gasteiger partial charge in [-0.25, -0.2) is 0 Å². The molecule has 0 spiro atoms. The van der Waals surface area contributed by atoms with E-state index in [4.69, 9.17) is 0 Å². The fraction of sp³-hybridized carbons (Fsp3) is 0.818. The van der Waals surface area contributed by atoms with Crippen LogP contribution in [0.5, 0.6) is 0 Å². The predicted molar refractivity (Wildman–Crippen MR) is 57.0 cm³/mol. The first kappa shape index (κ1) is 13.1. The van der Waals surface area contributed by atoms with Gasteiger partial charge in [0.1, 0.15) is 5.78 Å². The molecule has 0 heterocycles. The van der Waals surface area contributed by atoms with E-state index in [0.29, 0.717) is 25.3 Å². The number of hydrogen-bond donors (Lipinski definition) is 1. The van der Waals surface area contributed by atoms with Gasteiger partial charge < -0.3 is 10.1 Å². The van der Waals surface area contributed by atoms with Crippen LogP contribution >= 0.6 is 0 Å². The number of carbonyl (C=O) groups excluding carboxylic acids is 2. The van der Waals surface area contributed by atoms with Crippen molar-refractivity contribution in [1.82, 2.24) is 5.32 Å². The summed E-state index contributed by atoms with van der Waals surface area (Å²) in [6.07, 6.45) is 2.98. The highest BCUT2D eigenvalue weighted by Gasteiger charge is 2.03. The normalized spacial score (nSPS) is 10.3. The fourth-order valence-corrected chi connectivity index (χ4v) is 1.17. The Bertz CT molecular complexity index is 188. The highest BCUT2D eigenvalue weighted by molar-refractivity contribution is 5.76. The Morgan fingerprint density at radius 1 is 1.21 bits per heavy atom. The summed E-state index contributed by atoms with van der Waals surface area (Å²) in [5, 5.41) is 2.84. The van der Waals surface area contributed by atoms with E-state index in [2.05, 4.69) is 5.32 Å². The first-order valence-corrected chi connectivity index (χ1v) is 5.28. The largest absolute Gasteiger partial charge is 0.356 e. The Hall–Kier alpha value is -0.860. The molecular formula is C11H21NO2. The van der Waals surface area contributed by atoms with Gasteiger partial charge in [-0.2, -0.15) is 0 Å². The highest BCUT2D eigenvalue weighted by atomic mass is 16.1. The van der Waals surface area contributed by atoms with Gasteiger partial charge in [0.2, 0.25) is 5.91 Å². The summed E-state index contributed by atoms with van der Waals surface area (Å²) in [5.41, 5.74) is 0. The smallest absolute Gasteiger partial charge is 0.220 e. The van der Waals surface area contributed by atoms with E-state index in [-0.39, 0.29) is 11.7 Å². The Balaban J connectivity index is 3.27. The average Bonchev–Trinajstić information content (AvgIpc) is 2.01. The number of Topliss-reactive ketones (excluding diaryl/α,β-unsaturated/α-hetero) is 1. The van der Waals surface area contributed by atoms with Crippen LogP contribution in [-0.4, -0.2) is 18.2 Å². The van der Waals surface area contributed by atoms with Crippen molar-refractivity contribution in [3.63, 3.8) is 0 Å².